The fourth-order valence-electron chi connectivity index (χ4n) is 3.09. The van der Waals surface area contributed by atoms with Crippen LogP contribution in [0.5, 0.6) is 0 Å². The standard InChI is InChI=1S/C19H17N3O4/c20-12-19(6-7-19)14-1-3-15(4-2-14)22-10-16(26-18(22)24)9-21-17(23)13-5-8-25-11-13/h1-5,8,11,16H,6-7,9-10H2,(H,21,23)/t16-/m0/s1. The molecule has 132 valence electrons. The number of cyclic esters (lactones) is 1. The lowest BCUT2D eigenvalue weighted by atomic mass is 9.97. The van der Waals surface area contributed by atoms with Crippen LogP contribution in [0.4, 0.5) is 10.5 Å². The van der Waals surface area contributed by atoms with Crippen LogP contribution in [0.25, 0.3) is 0 Å². The largest absolute Gasteiger partial charge is 0.472 e. The highest BCUT2D eigenvalue weighted by atomic mass is 16.6. The van der Waals surface area contributed by atoms with Gasteiger partial charge in [-0.15, -0.1) is 0 Å². The van der Waals surface area contributed by atoms with E-state index in [0.29, 0.717) is 12.1 Å². The number of hydrogen-bond acceptors (Lipinski definition) is 5. The number of rotatable bonds is 5. The van der Waals surface area contributed by atoms with E-state index in [2.05, 4.69) is 11.4 Å². The molecule has 1 aliphatic heterocycles. The molecule has 0 radical (unpaired) electrons. The zero-order valence-corrected chi connectivity index (χ0v) is 14.0. The van der Waals surface area contributed by atoms with Crippen molar-refractivity contribution in [1.82, 2.24) is 5.32 Å². The number of amides is 2. The van der Waals surface area contributed by atoms with Crippen molar-refractivity contribution in [3.8, 4) is 6.07 Å². The fourth-order valence-corrected chi connectivity index (χ4v) is 3.09. The van der Waals surface area contributed by atoms with Crippen LogP contribution in [0.2, 0.25) is 0 Å². The van der Waals surface area contributed by atoms with Crippen molar-refractivity contribution >= 4 is 17.7 Å². The zero-order valence-electron chi connectivity index (χ0n) is 14.0. The van der Waals surface area contributed by atoms with Gasteiger partial charge in [-0.3, -0.25) is 9.69 Å². The Morgan fingerprint density at radius 1 is 1.31 bits per heavy atom. The van der Waals surface area contributed by atoms with Gasteiger partial charge in [0.2, 0.25) is 0 Å². The van der Waals surface area contributed by atoms with Gasteiger partial charge < -0.3 is 14.5 Å². The van der Waals surface area contributed by atoms with Gasteiger partial charge in [0.05, 0.1) is 36.4 Å². The quantitative estimate of drug-likeness (QED) is 0.893. The Morgan fingerprint density at radius 3 is 2.69 bits per heavy atom. The molecule has 26 heavy (non-hydrogen) atoms. The van der Waals surface area contributed by atoms with E-state index in [9.17, 15) is 14.9 Å². The van der Waals surface area contributed by atoms with Crippen molar-refractivity contribution in [1.29, 1.82) is 5.26 Å². The number of nitrogens with one attached hydrogen (secondary N) is 1. The maximum Gasteiger partial charge on any atom is 0.414 e. The topological polar surface area (TPSA) is 95.6 Å². The number of ether oxygens (including phenoxy) is 1. The molecule has 0 unspecified atom stereocenters. The van der Waals surface area contributed by atoms with E-state index in [-0.39, 0.29) is 17.9 Å². The summed E-state index contributed by atoms with van der Waals surface area (Å²) in [6.45, 7) is 0.578. The molecule has 1 aliphatic carbocycles. The minimum absolute atomic E-state index is 0.224. The van der Waals surface area contributed by atoms with E-state index in [4.69, 9.17) is 9.15 Å². The fraction of sp³-hybridized carbons (Fsp3) is 0.316. The van der Waals surface area contributed by atoms with Gasteiger partial charge in [-0.25, -0.2) is 4.79 Å². The average Bonchev–Trinajstić information content (AvgIpc) is 3.09. The lowest BCUT2D eigenvalue weighted by Gasteiger charge is -2.14. The second-order valence-electron chi connectivity index (χ2n) is 6.58. The van der Waals surface area contributed by atoms with Crippen LogP contribution in [0.3, 0.4) is 0 Å². The highest BCUT2D eigenvalue weighted by molar-refractivity contribution is 5.94. The molecule has 0 spiro atoms. The van der Waals surface area contributed by atoms with Gasteiger partial charge in [-0.05, 0) is 36.6 Å². The summed E-state index contributed by atoms with van der Waals surface area (Å²) in [6.07, 6.45) is 3.68. The summed E-state index contributed by atoms with van der Waals surface area (Å²) in [5.74, 6) is -0.274. The molecule has 1 aromatic heterocycles. The Bertz CT molecular complexity index is 863. The minimum Gasteiger partial charge on any atom is -0.472 e. The molecule has 1 saturated carbocycles. The second kappa shape index (κ2) is 6.23. The molecule has 2 aromatic rings. The summed E-state index contributed by atoms with van der Waals surface area (Å²) in [4.78, 5) is 25.6. The number of benzene rings is 1. The highest BCUT2D eigenvalue weighted by Gasteiger charge is 2.45. The number of furan rings is 1. The predicted molar refractivity (Wildman–Crippen MR) is 91.6 cm³/mol. The van der Waals surface area contributed by atoms with Gasteiger partial charge in [0.1, 0.15) is 12.4 Å². The molecule has 2 amide bonds. The van der Waals surface area contributed by atoms with E-state index < -0.39 is 12.2 Å². The van der Waals surface area contributed by atoms with Crippen molar-refractivity contribution in [2.24, 2.45) is 0 Å². The van der Waals surface area contributed by atoms with Crippen LogP contribution in [-0.2, 0) is 10.2 Å². The molecular formula is C19H17N3O4. The van der Waals surface area contributed by atoms with E-state index in [1.165, 1.54) is 17.4 Å². The Labute approximate surface area is 150 Å². The zero-order chi connectivity index (χ0) is 18.1. The van der Waals surface area contributed by atoms with Crippen molar-refractivity contribution in [3.63, 3.8) is 0 Å². The number of carbonyl (C=O) groups excluding carboxylic acids is 2. The van der Waals surface area contributed by atoms with E-state index >= 15 is 0 Å². The molecule has 1 N–H and O–H groups in total. The predicted octanol–water partition coefficient (Wildman–Crippen LogP) is 2.59. The summed E-state index contributed by atoms with van der Waals surface area (Å²) in [6, 6.07) is 11.4. The van der Waals surface area contributed by atoms with Crippen molar-refractivity contribution in [2.45, 2.75) is 24.4 Å². The van der Waals surface area contributed by atoms with E-state index in [0.717, 1.165) is 24.1 Å². The molecule has 1 atom stereocenters. The lowest BCUT2D eigenvalue weighted by molar-refractivity contribution is 0.0915. The van der Waals surface area contributed by atoms with Gasteiger partial charge in [0.25, 0.3) is 5.91 Å². The average molecular weight is 351 g/mol. The van der Waals surface area contributed by atoms with Crippen LogP contribution >= 0.6 is 0 Å². The van der Waals surface area contributed by atoms with E-state index in [1.807, 2.05) is 24.3 Å². The third kappa shape index (κ3) is 2.90. The molecule has 2 fully saturated rings. The second-order valence-corrected chi connectivity index (χ2v) is 6.58. The Balaban J connectivity index is 1.37. The molecule has 0 bridgehead atoms. The van der Waals surface area contributed by atoms with Crippen LogP contribution < -0.4 is 10.2 Å². The molecule has 7 heteroatoms. The molecule has 2 heterocycles. The van der Waals surface area contributed by atoms with E-state index in [1.54, 1.807) is 6.07 Å². The maximum absolute atomic E-state index is 12.1. The molecule has 2 aliphatic rings. The van der Waals surface area contributed by atoms with Crippen LogP contribution in [0.15, 0.2) is 47.3 Å². The molecule has 1 aromatic carbocycles. The third-order valence-electron chi connectivity index (χ3n) is 4.84. The van der Waals surface area contributed by atoms with Crippen LogP contribution in [-0.4, -0.2) is 31.2 Å². The number of anilines is 1. The normalized spacial score (nSPS) is 20.3. The Morgan fingerprint density at radius 2 is 2.08 bits per heavy atom. The van der Waals surface area contributed by atoms with Gasteiger partial charge >= 0.3 is 6.09 Å². The third-order valence-corrected chi connectivity index (χ3v) is 4.84. The Hall–Kier alpha value is -3.27. The molecule has 7 nitrogen and oxygen atoms in total. The number of carbonyl (C=O) groups is 2. The number of hydrogen-bond donors (Lipinski definition) is 1. The smallest absolute Gasteiger partial charge is 0.414 e. The molecular weight excluding hydrogens is 334 g/mol. The number of nitriles is 1. The van der Waals surface area contributed by atoms with Gasteiger partial charge in [0.15, 0.2) is 0 Å². The van der Waals surface area contributed by atoms with Crippen molar-refractivity contribution in [3.05, 3.63) is 54.0 Å². The van der Waals surface area contributed by atoms with Gasteiger partial charge in [-0.2, -0.15) is 5.26 Å². The monoisotopic (exact) mass is 351 g/mol. The number of nitrogens with zero attached hydrogens (tertiary/aromatic N) is 2. The first-order valence-corrected chi connectivity index (χ1v) is 8.42. The summed E-state index contributed by atoms with van der Waals surface area (Å²) >= 11 is 0. The lowest BCUT2D eigenvalue weighted by Crippen LogP contribution is -2.34. The first-order valence-electron chi connectivity index (χ1n) is 8.42. The molecule has 1 saturated heterocycles. The van der Waals surface area contributed by atoms with Crippen molar-refractivity contribution in [2.75, 3.05) is 18.0 Å². The summed E-state index contributed by atoms with van der Waals surface area (Å²) in [5.41, 5.74) is 1.79. The van der Waals surface area contributed by atoms with Crippen LogP contribution in [0.1, 0.15) is 28.8 Å². The minimum atomic E-state index is -0.443. The Kier molecular flexibility index (Phi) is 3.88. The van der Waals surface area contributed by atoms with Gasteiger partial charge in [0, 0.05) is 5.69 Å². The summed E-state index contributed by atoms with van der Waals surface area (Å²) < 4.78 is 10.2. The first kappa shape index (κ1) is 16.2. The van der Waals surface area contributed by atoms with Gasteiger partial charge in [-0.1, -0.05) is 12.1 Å². The van der Waals surface area contributed by atoms with Crippen LogP contribution in [0, 0.1) is 11.3 Å². The maximum atomic E-state index is 12.1. The SMILES string of the molecule is N#CC1(c2ccc(N3C[C@H](CNC(=O)c4ccoc4)OC3=O)cc2)CC1. The van der Waals surface area contributed by atoms with Crippen molar-refractivity contribution < 1.29 is 18.7 Å². The summed E-state index contributed by atoms with van der Waals surface area (Å²) in [7, 11) is 0. The summed E-state index contributed by atoms with van der Waals surface area (Å²) in [5, 5.41) is 12.0. The molecule has 4 rings (SSSR count). The first-order chi connectivity index (χ1) is 12.6. The highest BCUT2D eigenvalue weighted by Crippen LogP contribution is 2.47.